The summed E-state index contributed by atoms with van der Waals surface area (Å²) >= 11 is 0. The second kappa shape index (κ2) is 7.74. The number of benzene rings is 1. The number of nitrogens with one attached hydrogen (secondary N) is 2. The average molecular weight is 345 g/mol. The van der Waals surface area contributed by atoms with Gasteiger partial charge in [-0.25, -0.2) is 4.79 Å². The molecular weight excluding hydrogens is 323 g/mol. The number of rotatable bonds is 4. The largest absolute Gasteiger partial charge is 0.418 e. The monoisotopic (exact) mass is 345 g/mol. The number of amides is 2. The lowest BCUT2D eigenvalue weighted by Gasteiger charge is -2.29. The van der Waals surface area contributed by atoms with Gasteiger partial charge in [-0.3, -0.25) is 0 Å². The van der Waals surface area contributed by atoms with Gasteiger partial charge in [-0.15, -0.1) is 0 Å². The quantitative estimate of drug-likeness (QED) is 0.879. The Morgan fingerprint density at radius 1 is 1.33 bits per heavy atom. The van der Waals surface area contributed by atoms with E-state index in [2.05, 4.69) is 10.6 Å². The smallest absolute Gasteiger partial charge is 0.378 e. The van der Waals surface area contributed by atoms with Crippen LogP contribution in [0.2, 0.25) is 0 Å². The Hall–Kier alpha value is -1.96. The molecule has 5 nitrogen and oxygen atoms in total. The van der Waals surface area contributed by atoms with Crippen LogP contribution in [0.15, 0.2) is 18.2 Å². The third kappa shape index (κ3) is 4.77. The molecule has 0 aliphatic carbocycles. The molecule has 0 saturated carbocycles. The first kappa shape index (κ1) is 18.4. The number of urea groups is 1. The minimum atomic E-state index is -4.55. The zero-order chi connectivity index (χ0) is 17.7. The predicted molar refractivity (Wildman–Crippen MR) is 86.4 cm³/mol. The minimum absolute atomic E-state index is 0.119. The summed E-state index contributed by atoms with van der Waals surface area (Å²) in [6.45, 7) is 5.71. The molecule has 2 amide bonds. The summed E-state index contributed by atoms with van der Waals surface area (Å²) in [5.41, 5.74) is -0.635. The van der Waals surface area contributed by atoms with Crippen molar-refractivity contribution < 1.29 is 22.7 Å². The molecule has 2 N–H and O–H groups in total. The van der Waals surface area contributed by atoms with Crippen LogP contribution < -0.4 is 15.5 Å². The van der Waals surface area contributed by atoms with Gasteiger partial charge in [0.05, 0.1) is 24.5 Å². The van der Waals surface area contributed by atoms with Gasteiger partial charge in [-0.05, 0) is 31.5 Å². The average Bonchev–Trinajstić information content (AvgIpc) is 2.54. The Morgan fingerprint density at radius 3 is 2.58 bits per heavy atom. The van der Waals surface area contributed by atoms with Crippen molar-refractivity contribution in [3.8, 4) is 0 Å². The van der Waals surface area contributed by atoms with Crippen LogP contribution >= 0.6 is 0 Å². The van der Waals surface area contributed by atoms with Gasteiger partial charge in [0.2, 0.25) is 0 Å². The van der Waals surface area contributed by atoms with E-state index in [0.29, 0.717) is 38.4 Å². The molecule has 1 saturated heterocycles. The zero-order valence-corrected chi connectivity index (χ0v) is 13.7. The normalized spacial score (nSPS) is 16.6. The van der Waals surface area contributed by atoms with E-state index in [4.69, 9.17) is 4.74 Å². The van der Waals surface area contributed by atoms with Crippen LogP contribution in [0.1, 0.15) is 25.8 Å². The van der Waals surface area contributed by atoms with Gasteiger partial charge in [-0.1, -0.05) is 6.92 Å². The lowest BCUT2D eigenvalue weighted by atomic mass is 10.1. The number of nitrogens with zero attached hydrogens (tertiary/aromatic N) is 1. The van der Waals surface area contributed by atoms with Gasteiger partial charge in [0.25, 0.3) is 0 Å². The van der Waals surface area contributed by atoms with E-state index in [9.17, 15) is 18.0 Å². The summed E-state index contributed by atoms with van der Waals surface area (Å²) < 4.78 is 45.3. The van der Waals surface area contributed by atoms with E-state index >= 15 is 0 Å². The second-order valence-electron chi connectivity index (χ2n) is 5.73. The fourth-order valence-electron chi connectivity index (χ4n) is 2.38. The SMILES string of the molecule is CC[C@@H](C)NC(=O)Nc1ccc(N2CCOCC2)cc1C(F)(F)F. The standard InChI is InChI=1S/C16H22F3N3O2/c1-3-11(2)20-15(23)21-14-5-4-12(10-13(14)16(17,18)19)22-6-8-24-9-7-22/h4-5,10-11H,3,6-9H2,1-2H3,(H2,20,21,23)/t11-/m1/s1. The van der Waals surface area contributed by atoms with Crippen molar-refractivity contribution in [3.63, 3.8) is 0 Å². The minimum Gasteiger partial charge on any atom is -0.378 e. The van der Waals surface area contributed by atoms with Crippen LogP contribution in [0, 0.1) is 0 Å². The van der Waals surface area contributed by atoms with Crippen molar-refractivity contribution in [2.24, 2.45) is 0 Å². The maximum atomic E-state index is 13.4. The van der Waals surface area contributed by atoms with Crippen molar-refractivity contribution in [2.45, 2.75) is 32.5 Å². The number of hydrogen-bond donors (Lipinski definition) is 2. The summed E-state index contributed by atoms with van der Waals surface area (Å²) in [4.78, 5) is 13.7. The maximum Gasteiger partial charge on any atom is 0.418 e. The van der Waals surface area contributed by atoms with Crippen LogP contribution in [0.4, 0.5) is 29.3 Å². The second-order valence-corrected chi connectivity index (χ2v) is 5.73. The molecule has 1 atom stereocenters. The molecule has 8 heteroatoms. The Balaban J connectivity index is 2.22. The van der Waals surface area contributed by atoms with E-state index in [-0.39, 0.29) is 11.7 Å². The van der Waals surface area contributed by atoms with E-state index < -0.39 is 17.8 Å². The molecule has 1 heterocycles. The van der Waals surface area contributed by atoms with Crippen molar-refractivity contribution in [2.75, 3.05) is 36.5 Å². The molecule has 2 rings (SSSR count). The number of carbonyl (C=O) groups excluding carboxylic acids is 1. The maximum absolute atomic E-state index is 13.4. The van der Waals surface area contributed by atoms with Crippen LogP contribution in [-0.4, -0.2) is 38.4 Å². The Labute approximate surface area is 139 Å². The van der Waals surface area contributed by atoms with Crippen LogP contribution in [0.5, 0.6) is 0 Å². The lowest BCUT2D eigenvalue weighted by molar-refractivity contribution is -0.136. The highest BCUT2D eigenvalue weighted by atomic mass is 19.4. The predicted octanol–water partition coefficient (Wildman–Crippen LogP) is 3.46. The Morgan fingerprint density at radius 2 is 2.00 bits per heavy atom. The molecule has 0 radical (unpaired) electrons. The molecule has 0 spiro atoms. The molecule has 1 fully saturated rings. The number of carbonyl (C=O) groups is 1. The van der Waals surface area contributed by atoms with Crippen LogP contribution in [0.25, 0.3) is 0 Å². The molecule has 1 aromatic carbocycles. The van der Waals surface area contributed by atoms with Crippen LogP contribution in [0.3, 0.4) is 0 Å². The molecule has 134 valence electrons. The van der Waals surface area contributed by atoms with E-state index in [1.54, 1.807) is 13.0 Å². The van der Waals surface area contributed by atoms with Gasteiger partial charge < -0.3 is 20.3 Å². The van der Waals surface area contributed by atoms with E-state index in [1.807, 2.05) is 11.8 Å². The first-order chi connectivity index (χ1) is 11.3. The van der Waals surface area contributed by atoms with E-state index in [1.165, 1.54) is 6.07 Å². The summed E-state index contributed by atoms with van der Waals surface area (Å²) in [7, 11) is 0. The third-order valence-electron chi connectivity index (χ3n) is 3.92. The number of ether oxygens (including phenoxy) is 1. The third-order valence-corrected chi connectivity index (χ3v) is 3.92. The molecule has 0 aromatic heterocycles. The first-order valence-corrected chi connectivity index (χ1v) is 7.92. The number of halogens is 3. The number of anilines is 2. The molecule has 1 aliphatic rings. The van der Waals surface area contributed by atoms with Gasteiger partial charge >= 0.3 is 12.2 Å². The van der Waals surface area contributed by atoms with Gasteiger partial charge in [-0.2, -0.15) is 13.2 Å². The highest BCUT2D eigenvalue weighted by Crippen LogP contribution is 2.37. The summed E-state index contributed by atoms with van der Waals surface area (Å²) in [6.07, 6.45) is -3.86. The summed E-state index contributed by atoms with van der Waals surface area (Å²) in [5, 5.41) is 4.89. The molecular formula is C16H22F3N3O2. The van der Waals surface area contributed by atoms with Gasteiger partial charge in [0.15, 0.2) is 0 Å². The van der Waals surface area contributed by atoms with Crippen molar-refractivity contribution in [3.05, 3.63) is 23.8 Å². The van der Waals surface area contributed by atoms with E-state index in [0.717, 1.165) is 6.07 Å². The zero-order valence-electron chi connectivity index (χ0n) is 13.7. The fourth-order valence-corrected chi connectivity index (χ4v) is 2.38. The Bertz CT molecular complexity index is 572. The molecule has 1 aliphatic heterocycles. The summed E-state index contributed by atoms with van der Waals surface area (Å²) in [6, 6.07) is 3.19. The molecule has 1 aromatic rings. The lowest BCUT2D eigenvalue weighted by Crippen LogP contribution is -2.37. The topological polar surface area (TPSA) is 53.6 Å². The fraction of sp³-hybridized carbons (Fsp3) is 0.562. The number of hydrogen-bond acceptors (Lipinski definition) is 3. The van der Waals surface area contributed by atoms with Crippen molar-refractivity contribution in [1.82, 2.24) is 5.32 Å². The summed E-state index contributed by atoms with van der Waals surface area (Å²) in [5.74, 6) is 0. The first-order valence-electron chi connectivity index (χ1n) is 7.92. The highest BCUT2D eigenvalue weighted by Gasteiger charge is 2.35. The van der Waals surface area contributed by atoms with Crippen molar-refractivity contribution in [1.29, 1.82) is 0 Å². The van der Waals surface area contributed by atoms with Crippen molar-refractivity contribution >= 4 is 17.4 Å². The van der Waals surface area contributed by atoms with Crippen LogP contribution in [-0.2, 0) is 10.9 Å². The molecule has 0 unspecified atom stereocenters. The Kier molecular flexibility index (Phi) is 5.93. The molecule has 0 bridgehead atoms. The van der Waals surface area contributed by atoms with Gasteiger partial charge in [0, 0.05) is 24.8 Å². The number of alkyl halides is 3. The highest BCUT2D eigenvalue weighted by molar-refractivity contribution is 5.90. The molecule has 24 heavy (non-hydrogen) atoms. The van der Waals surface area contributed by atoms with Gasteiger partial charge in [0.1, 0.15) is 0 Å². The number of morpholine rings is 1.